The maximum Gasteiger partial charge on any atom is 0.118 e. The fraction of sp³-hybridized carbons (Fsp3) is 0.375. The second-order valence-electron chi connectivity index (χ2n) is 5.43. The molecule has 0 saturated carbocycles. The van der Waals surface area contributed by atoms with Crippen LogP contribution in [0.3, 0.4) is 0 Å². The summed E-state index contributed by atoms with van der Waals surface area (Å²) >= 11 is 3.33. The van der Waals surface area contributed by atoms with Crippen LogP contribution in [-0.4, -0.2) is 40.4 Å². The third-order valence-electron chi connectivity index (χ3n) is 4.02. The minimum atomic E-state index is -0.626. The number of hydrogen-bond acceptors (Lipinski definition) is 6. The van der Waals surface area contributed by atoms with Crippen molar-refractivity contribution in [2.75, 3.05) is 20.3 Å². The van der Waals surface area contributed by atoms with Crippen molar-refractivity contribution >= 4 is 23.3 Å². The van der Waals surface area contributed by atoms with E-state index in [9.17, 15) is 10.2 Å². The Morgan fingerprint density at radius 2 is 1.91 bits per heavy atom. The van der Waals surface area contributed by atoms with Crippen LogP contribution in [-0.2, 0) is 13.0 Å². The number of ether oxygens (including phenoxy) is 1. The number of rotatable bonds is 5. The number of fused-ring (bicyclic) bond motifs is 1. The Bertz CT molecular complexity index is 623. The number of aliphatic hydroxyl groups is 2. The lowest BCUT2D eigenvalue weighted by Crippen LogP contribution is -2.54. The molecular formula is C16H19NO3S2. The molecule has 2 aromatic rings. The van der Waals surface area contributed by atoms with Crippen LogP contribution in [0, 0.1) is 0 Å². The van der Waals surface area contributed by atoms with Crippen molar-refractivity contribution in [2.45, 2.75) is 22.7 Å². The van der Waals surface area contributed by atoms with E-state index in [0.717, 1.165) is 11.3 Å². The predicted molar refractivity (Wildman–Crippen MR) is 89.3 cm³/mol. The van der Waals surface area contributed by atoms with Gasteiger partial charge in [0.1, 0.15) is 5.75 Å². The zero-order valence-corrected chi connectivity index (χ0v) is 14.0. The molecule has 2 N–H and O–H groups in total. The quantitative estimate of drug-likeness (QED) is 0.821. The normalized spacial score (nSPS) is 17.2. The molecule has 0 atom stereocenters. The second kappa shape index (κ2) is 6.60. The number of methoxy groups -OCH3 is 1. The monoisotopic (exact) mass is 337 g/mol. The van der Waals surface area contributed by atoms with Crippen LogP contribution in [0.2, 0.25) is 0 Å². The highest BCUT2D eigenvalue weighted by molar-refractivity contribution is 7.99. The van der Waals surface area contributed by atoms with Crippen molar-refractivity contribution in [3.05, 3.63) is 46.8 Å². The maximum atomic E-state index is 9.90. The first-order valence-electron chi connectivity index (χ1n) is 7.07. The van der Waals surface area contributed by atoms with Crippen molar-refractivity contribution in [2.24, 2.45) is 0 Å². The van der Waals surface area contributed by atoms with Crippen LogP contribution < -0.4 is 4.74 Å². The summed E-state index contributed by atoms with van der Waals surface area (Å²) in [5.41, 5.74) is 1.71. The van der Waals surface area contributed by atoms with Crippen molar-refractivity contribution in [1.82, 2.24) is 4.31 Å². The lowest BCUT2D eigenvalue weighted by molar-refractivity contribution is 0.0348. The standard InChI is InChI=1S/C16H19NO3S2/c1-20-14-4-2-12(3-5-14)9-17-16(10-18,11-19)8-13-6-7-21-15(13)22-17/h2-7,18-19H,8-11H2,1H3. The van der Waals surface area contributed by atoms with E-state index in [0.29, 0.717) is 13.0 Å². The van der Waals surface area contributed by atoms with Crippen LogP contribution in [0.5, 0.6) is 5.75 Å². The van der Waals surface area contributed by atoms with Crippen molar-refractivity contribution in [3.8, 4) is 5.75 Å². The Kier molecular flexibility index (Phi) is 4.75. The highest BCUT2D eigenvalue weighted by Crippen LogP contribution is 2.44. The zero-order valence-electron chi connectivity index (χ0n) is 12.4. The van der Waals surface area contributed by atoms with E-state index in [2.05, 4.69) is 15.8 Å². The molecule has 1 aromatic heterocycles. The summed E-state index contributed by atoms with van der Waals surface area (Å²) in [7, 11) is 1.65. The van der Waals surface area contributed by atoms with Crippen LogP contribution >= 0.6 is 23.3 Å². The van der Waals surface area contributed by atoms with E-state index < -0.39 is 5.54 Å². The molecule has 118 valence electrons. The van der Waals surface area contributed by atoms with Gasteiger partial charge in [0.25, 0.3) is 0 Å². The van der Waals surface area contributed by atoms with Crippen molar-refractivity contribution in [1.29, 1.82) is 0 Å². The number of nitrogens with zero attached hydrogens (tertiary/aromatic N) is 1. The van der Waals surface area contributed by atoms with Gasteiger partial charge in [-0.2, -0.15) is 0 Å². The predicted octanol–water partition coefficient (Wildman–Crippen LogP) is 2.55. The van der Waals surface area contributed by atoms with Crippen LogP contribution in [0.1, 0.15) is 11.1 Å². The summed E-state index contributed by atoms with van der Waals surface area (Å²) in [6, 6.07) is 9.98. The Hall–Kier alpha value is -1.05. The van der Waals surface area contributed by atoms with Gasteiger partial charge in [-0.05, 0) is 53.1 Å². The Morgan fingerprint density at radius 1 is 1.18 bits per heavy atom. The minimum Gasteiger partial charge on any atom is -0.497 e. The van der Waals surface area contributed by atoms with E-state index in [1.54, 1.807) is 30.4 Å². The minimum absolute atomic E-state index is 0.0675. The SMILES string of the molecule is COc1ccc(CN2Sc3sccc3CC2(CO)CO)cc1. The van der Waals surface area contributed by atoms with Gasteiger partial charge in [0, 0.05) is 6.54 Å². The second-order valence-corrected chi connectivity index (χ2v) is 7.63. The molecular weight excluding hydrogens is 318 g/mol. The van der Waals surface area contributed by atoms with Gasteiger partial charge in [0.15, 0.2) is 0 Å². The highest BCUT2D eigenvalue weighted by atomic mass is 32.2. The zero-order chi connectivity index (χ0) is 15.6. The van der Waals surface area contributed by atoms with Crippen LogP contribution in [0.25, 0.3) is 0 Å². The van der Waals surface area contributed by atoms with Gasteiger partial charge in [-0.1, -0.05) is 12.1 Å². The average Bonchev–Trinajstić information content (AvgIpc) is 3.01. The van der Waals surface area contributed by atoms with Crippen molar-refractivity contribution in [3.63, 3.8) is 0 Å². The van der Waals surface area contributed by atoms with Gasteiger partial charge in [0.05, 0.1) is 30.1 Å². The summed E-state index contributed by atoms with van der Waals surface area (Å²) in [4.78, 5) is 0. The van der Waals surface area contributed by atoms with E-state index in [1.165, 1.54) is 9.77 Å². The summed E-state index contributed by atoms with van der Waals surface area (Å²) in [6.07, 6.45) is 0.669. The number of aliphatic hydroxyl groups excluding tert-OH is 2. The summed E-state index contributed by atoms with van der Waals surface area (Å²) in [5, 5.41) is 21.9. The fourth-order valence-corrected chi connectivity index (χ4v) is 4.89. The molecule has 2 heterocycles. The van der Waals surface area contributed by atoms with Gasteiger partial charge in [-0.15, -0.1) is 11.3 Å². The van der Waals surface area contributed by atoms with Crippen molar-refractivity contribution < 1.29 is 14.9 Å². The fourth-order valence-electron chi connectivity index (χ4n) is 2.59. The molecule has 0 unspecified atom stereocenters. The summed E-state index contributed by atoms with van der Waals surface area (Å²) < 4.78 is 8.53. The number of benzene rings is 1. The molecule has 6 heteroatoms. The van der Waals surface area contributed by atoms with E-state index in [1.807, 2.05) is 24.3 Å². The molecule has 4 nitrogen and oxygen atoms in total. The summed E-state index contributed by atoms with van der Waals surface area (Å²) in [5.74, 6) is 0.825. The maximum absolute atomic E-state index is 9.90. The first kappa shape index (κ1) is 15.8. The Labute approximate surface area is 138 Å². The largest absolute Gasteiger partial charge is 0.497 e. The summed E-state index contributed by atoms with van der Waals surface area (Å²) in [6.45, 7) is 0.525. The first-order chi connectivity index (χ1) is 10.7. The molecule has 0 fully saturated rings. The lowest BCUT2D eigenvalue weighted by atomic mass is 9.93. The van der Waals surface area contributed by atoms with Gasteiger partial charge in [-0.3, -0.25) is 0 Å². The average molecular weight is 337 g/mol. The molecule has 0 aliphatic carbocycles. The smallest absolute Gasteiger partial charge is 0.118 e. The molecule has 0 saturated heterocycles. The first-order valence-corrected chi connectivity index (χ1v) is 8.73. The van der Waals surface area contributed by atoms with Crippen LogP contribution in [0.4, 0.5) is 0 Å². The highest BCUT2D eigenvalue weighted by Gasteiger charge is 2.41. The molecule has 3 rings (SSSR count). The van der Waals surface area contributed by atoms with E-state index >= 15 is 0 Å². The third-order valence-corrected chi connectivity index (χ3v) is 6.45. The van der Waals surface area contributed by atoms with Crippen LogP contribution in [0.15, 0.2) is 39.9 Å². The van der Waals surface area contributed by atoms with Gasteiger partial charge >= 0.3 is 0 Å². The van der Waals surface area contributed by atoms with E-state index in [4.69, 9.17) is 4.74 Å². The molecule has 0 radical (unpaired) electrons. The number of hydrogen-bond donors (Lipinski definition) is 2. The van der Waals surface area contributed by atoms with E-state index in [-0.39, 0.29) is 13.2 Å². The molecule has 0 spiro atoms. The van der Waals surface area contributed by atoms with Gasteiger partial charge in [0.2, 0.25) is 0 Å². The molecule has 1 aromatic carbocycles. The topological polar surface area (TPSA) is 52.9 Å². The Morgan fingerprint density at radius 3 is 2.55 bits per heavy atom. The van der Waals surface area contributed by atoms with Gasteiger partial charge < -0.3 is 14.9 Å². The molecule has 1 aliphatic rings. The molecule has 0 amide bonds. The Balaban J connectivity index is 1.86. The molecule has 1 aliphatic heterocycles. The molecule has 0 bridgehead atoms. The number of thiophene rings is 1. The molecule has 22 heavy (non-hydrogen) atoms. The lowest BCUT2D eigenvalue weighted by Gasteiger charge is -2.43. The third kappa shape index (κ3) is 2.89. The van der Waals surface area contributed by atoms with Gasteiger partial charge in [-0.25, -0.2) is 4.31 Å².